The van der Waals surface area contributed by atoms with Gasteiger partial charge in [0.2, 0.25) is 0 Å². The third-order valence-corrected chi connectivity index (χ3v) is 3.69. The Balaban J connectivity index is 2.97. The van der Waals surface area contributed by atoms with E-state index in [1.807, 2.05) is 20.8 Å². The van der Waals surface area contributed by atoms with Crippen LogP contribution in [0.3, 0.4) is 0 Å². The molecule has 0 fully saturated rings. The first-order valence-corrected chi connectivity index (χ1v) is 6.64. The van der Waals surface area contributed by atoms with Crippen LogP contribution in [-0.2, 0) is 0 Å². The van der Waals surface area contributed by atoms with Crippen LogP contribution in [0.2, 0.25) is 10.0 Å². The number of hydrogen-bond acceptors (Lipinski definition) is 2. The van der Waals surface area contributed by atoms with Gasteiger partial charge in [0.1, 0.15) is 5.82 Å². The highest BCUT2D eigenvalue weighted by molar-refractivity contribution is 6.36. The molecule has 0 bridgehead atoms. The van der Waals surface area contributed by atoms with E-state index in [0.29, 0.717) is 10.6 Å². The second-order valence-corrected chi connectivity index (χ2v) is 5.46. The molecule has 1 rings (SSSR count). The number of aliphatic hydroxyl groups excluding tert-OH is 1. The standard InChI is InChI=1S/C13H18Cl2FNO/c1-7(2)11(6-18)17-8(3)12-9(14)4-5-10(16)13(12)15/h4-5,7-8,11,17-18H,6H2,1-3H3. The van der Waals surface area contributed by atoms with Crippen molar-refractivity contribution in [1.29, 1.82) is 0 Å². The minimum Gasteiger partial charge on any atom is -0.395 e. The largest absolute Gasteiger partial charge is 0.395 e. The Labute approximate surface area is 117 Å². The van der Waals surface area contributed by atoms with Crippen LogP contribution < -0.4 is 5.32 Å². The minimum absolute atomic E-state index is 0.00651. The maximum Gasteiger partial charge on any atom is 0.142 e. The van der Waals surface area contributed by atoms with Gasteiger partial charge in [0, 0.05) is 22.7 Å². The molecule has 0 saturated carbocycles. The van der Waals surface area contributed by atoms with Crippen molar-refractivity contribution in [2.75, 3.05) is 6.61 Å². The molecule has 0 amide bonds. The molecule has 2 nitrogen and oxygen atoms in total. The van der Waals surface area contributed by atoms with Gasteiger partial charge >= 0.3 is 0 Å². The summed E-state index contributed by atoms with van der Waals surface area (Å²) < 4.78 is 13.4. The van der Waals surface area contributed by atoms with E-state index in [-0.39, 0.29) is 29.6 Å². The van der Waals surface area contributed by atoms with E-state index in [4.69, 9.17) is 23.2 Å². The van der Waals surface area contributed by atoms with Gasteiger partial charge in [-0.3, -0.25) is 0 Å². The van der Waals surface area contributed by atoms with Crippen LogP contribution in [0.5, 0.6) is 0 Å². The molecule has 0 aromatic heterocycles. The number of benzene rings is 1. The van der Waals surface area contributed by atoms with Crippen molar-refractivity contribution in [3.63, 3.8) is 0 Å². The van der Waals surface area contributed by atoms with Crippen molar-refractivity contribution in [3.05, 3.63) is 33.6 Å². The average molecular weight is 294 g/mol. The lowest BCUT2D eigenvalue weighted by Crippen LogP contribution is -2.38. The summed E-state index contributed by atoms with van der Waals surface area (Å²) in [6.07, 6.45) is 0. The third kappa shape index (κ3) is 3.58. The summed E-state index contributed by atoms with van der Waals surface area (Å²) in [5.41, 5.74) is 0.525. The monoisotopic (exact) mass is 293 g/mol. The van der Waals surface area contributed by atoms with Gasteiger partial charge in [-0.15, -0.1) is 0 Å². The average Bonchev–Trinajstić information content (AvgIpc) is 2.31. The molecule has 0 aliphatic heterocycles. The molecule has 0 heterocycles. The van der Waals surface area contributed by atoms with E-state index in [0.717, 1.165) is 0 Å². The molecule has 5 heteroatoms. The van der Waals surface area contributed by atoms with Gasteiger partial charge in [-0.25, -0.2) is 4.39 Å². The van der Waals surface area contributed by atoms with Crippen LogP contribution in [0.4, 0.5) is 4.39 Å². The van der Waals surface area contributed by atoms with Gasteiger partial charge in [-0.2, -0.15) is 0 Å². The van der Waals surface area contributed by atoms with Gasteiger partial charge in [0.25, 0.3) is 0 Å². The van der Waals surface area contributed by atoms with Gasteiger partial charge in [0.15, 0.2) is 0 Å². The fraction of sp³-hybridized carbons (Fsp3) is 0.538. The molecule has 0 saturated heterocycles. The molecule has 18 heavy (non-hydrogen) atoms. The van der Waals surface area contributed by atoms with Crippen molar-refractivity contribution < 1.29 is 9.50 Å². The summed E-state index contributed by atoms with van der Waals surface area (Å²) in [6, 6.07) is 2.41. The van der Waals surface area contributed by atoms with Crippen molar-refractivity contribution in [3.8, 4) is 0 Å². The van der Waals surface area contributed by atoms with Gasteiger partial charge in [0.05, 0.1) is 11.6 Å². The second kappa shape index (κ2) is 6.71. The first kappa shape index (κ1) is 15.7. The molecular formula is C13H18Cl2FNO. The first-order chi connectivity index (χ1) is 8.38. The number of nitrogens with one attached hydrogen (secondary N) is 1. The van der Waals surface area contributed by atoms with Gasteiger partial charge < -0.3 is 10.4 Å². The Hall–Kier alpha value is -0.350. The fourth-order valence-electron chi connectivity index (χ4n) is 1.80. The van der Waals surface area contributed by atoms with Crippen molar-refractivity contribution in [2.24, 2.45) is 5.92 Å². The maximum absolute atomic E-state index is 13.4. The van der Waals surface area contributed by atoms with Crippen LogP contribution in [0.1, 0.15) is 32.4 Å². The summed E-state index contributed by atoms with van der Waals surface area (Å²) in [4.78, 5) is 0. The van der Waals surface area contributed by atoms with E-state index >= 15 is 0 Å². The first-order valence-electron chi connectivity index (χ1n) is 5.88. The minimum atomic E-state index is -0.491. The number of rotatable bonds is 5. The van der Waals surface area contributed by atoms with Crippen LogP contribution in [0.25, 0.3) is 0 Å². The Morgan fingerprint density at radius 2 is 1.89 bits per heavy atom. The molecule has 2 unspecified atom stereocenters. The molecule has 1 aromatic rings. The Morgan fingerprint density at radius 3 is 2.39 bits per heavy atom. The highest BCUT2D eigenvalue weighted by Gasteiger charge is 2.21. The van der Waals surface area contributed by atoms with Crippen LogP contribution >= 0.6 is 23.2 Å². The zero-order chi connectivity index (χ0) is 13.9. The van der Waals surface area contributed by atoms with Gasteiger partial charge in [-0.05, 0) is 25.0 Å². The molecule has 0 radical (unpaired) electrons. The molecule has 0 spiro atoms. The van der Waals surface area contributed by atoms with Crippen molar-refractivity contribution in [1.82, 2.24) is 5.32 Å². The van der Waals surface area contributed by atoms with E-state index < -0.39 is 5.82 Å². The highest BCUT2D eigenvalue weighted by Crippen LogP contribution is 2.32. The third-order valence-electron chi connectivity index (χ3n) is 2.98. The highest BCUT2D eigenvalue weighted by atomic mass is 35.5. The quantitative estimate of drug-likeness (QED) is 0.810. The molecule has 2 atom stereocenters. The van der Waals surface area contributed by atoms with E-state index in [9.17, 15) is 9.50 Å². The summed E-state index contributed by atoms with van der Waals surface area (Å²) in [5, 5.41) is 12.9. The van der Waals surface area contributed by atoms with Crippen LogP contribution in [0, 0.1) is 11.7 Å². The molecular weight excluding hydrogens is 276 g/mol. The summed E-state index contributed by atoms with van der Waals surface area (Å²) in [6.45, 7) is 5.84. The Bertz CT molecular complexity index is 412. The summed E-state index contributed by atoms with van der Waals surface area (Å²) in [7, 11) is 0. The predicted molar refractivity (Wildman–Crippen MR) is 73.7 cm³/mol. The number of hydrogen-bond donors (Lipinski definition) is 2. The Morgan fingerprint density at radius 1 is 1.28 bits per heavy atom. The zero-order valence-corrected chi connectivity index (χ0v) is 12.2. The number of aliphatic hydroxyl groups is 1. The zero-order valence-electron chi connectivity index (χ0n) is 10.7. The van der Waals surface area contributed by atoms with E-state index in [2.05, 4.69) is 5.32 Å². The van der Waals surface area contributed by atoms with E-state index in [1.54, 1.807) is 0 Å². The topological polar surface area (TPSA) is 32.3 Å². The molecule has 0 aliphatic rings. The summed E-state index contributed by atoms with van der Waals surface area (Å²) in [5.74, 6) is -0.238. The van der Waals surface area contributed by atoms with Crippen LogP contribution in [-0.4, -0.2) is 17.8 Å². The lowest BCUT2D eigenvalue weighted by Gasteiger charge is -2.26. The van der Waals surface area contributed by atoms with Crippen molar-refractivity contribution >= 4 is 23.2 Å². The smallest absolute Gasteiger partial charge is 0.142 e. The molecule has 102 valence electrons. The molecule has 2 N–H and O–H groups in total. The van der Waals surface area contributed by atoms with E-state index in [1.165, 1.54) is 12.1 Å². The summed E-state index contributed by atoms with van der Waals surface area (Å²) >= 11 is 12.0. The molecule has 1 aromatic carbocycles. The lowest BCUT2D eigenvalue weighted by molar-refractivity contribution is 0.201. The SMILES string of the molecule is CC(NC(CO)C(C)C)c1c(Cl)ccc(F)c1Cl. The normalized spacial score (nSPS) is 14.9. The lowest BCUT2D eigenvalue weighted by atomic mass is 10.0. The maximum atomic E-state index is 13.4. The predicted octanol–water partition coefficient (Wildman–Crippen LogP) is 3.80. The second-order valence-electron chi connectivity index (χ2n) is 4.68. The van der Waals surface area contributed by atoms with Crippen molar-refractivity contribution in [2.45, 2.75) is 32.9 Å². The fourth-order valence-corrected chi connectivity index (χ4v) is 2.50. The van der Waals surface area contributed by atoms with Gasteiger partial charge in [-0.1, -0.05) is 37.0 Å². The Kier molecular flexibility index (Phi) is 5.86. The van der Waals surface area contributed by atoms with Crippen LogP contribution in [0.15, 0.2) is 12.1 Å². The number of halogens is 3. The molecule has 0 aliphatic carbocycles.